The first-order chi connectivity index (χ1) is 13.1. The fourth-order valence-electron chi connectivity index (χ4n) is 3.19. The lowest BCUT2D eigenvalue weighted by atomic mass is 9.83. The Morgan fingerprint density at radius 1 is 1.22 bits per heavy atom. The lowest BCUT2D eigenvalue weighted by Crippen LogP contribution is -2.19. The smallest absolute Gasteiger partial charge is 0.168 e. The van der Waals surface area contributed by atoms with E-state index in [0.717, 1.165) is 23.3 Å². The van der Waals surface area contributed by atoms with Crippen LogP contribution in [0.1, 0.15) is 29.9 Å². The van der Waals surface area contributed by atoms with Crippen molar-refractivity contribution >= 4 is 23.6 Å². The molecule has 0 heterocycles. The third kappa shape index (κ3) is 4.98. The third-order valence-electron chi connectivity index (χ3n) is 4.71. The summed E-state index contributed by atoms with van der Waals surface area (Å²) < 4.78 is 5.24. The van der Waals surface area contributed by atoms with Gasteiger partial charge < -0.3 is 9.84 Å². The Morgan fingerprint density at radius 3 is 2.70 bits per heavy atom. The van der Waals surface area contributed by atoms with Crippen molar-refractivity contribution in [3.8, 4) is 5.75 Å². The maximum atomic E-state index is 12.5. The fourth-order valence-corrected chi connectivity index (χ4v) is 3.31. The number of ketones is 1. The topological polar surface area (TPSA) is 58.9 Å². The van der Waals surface area contributed by atoms with Gasteiger partial charge in [-0.2, -0.15) is 0 Å². The van der Waals surface area contributed by atoms with Gasteiger partial charge in [-0.3, -0.25) is 9.79 Å². The molecule has 1 N–H and O–H groups in total. The summed E-state index contributed by atoms with van der Waals surface area (Å²) in [5, 5.41) is 11.1. The van der Waals surface area contributed by atoms with Crippen LogP contribution >= 0.6 is 11.6 Å². The molecule has 2 aromatic carbocycles. The van der Waals surface area contributed by atoms with E-state index in [4.69, 9.17) is 16.3 Å². The summed E-state index contributed by atoms with van der Waals surface area (Å²) >= 11 is 5.87. The molecule has 2 aromatic rings. The summed E-state index contributed by atoms with van der Waals surface area (Å²) in [6.45, 7) is 0.547. The molecule has 0 amide bonds. The molecule has 0 saturated carbocycles. The van der Waals surface area contributed by atoms with E-state index < -0.39 is 0 Å². The molecule has 0 spiro atoms. The highest BCUT2D eigenvalue weighted by Gasteiger charge is 2.27. The minimum atomic E-state index is -0.0817. The predicted octanol–water partition coefficient (Wildman–Crippen LogP) is 4.92. The largest absolute Gasteiger partial charge is 0.511 e. The lowest BCUT2D eigenvalue weighted by Gasteiger charge is -2.22. The molecule has 1 aliphatic rings. The lowest BCUT2D eigenvalue weighted by molar-refractivity contribution is -0.116. The molecule has 140 valence electrons. The predicted molar refractivity (Wildman–Crippen MR) is 108 cm³/mol. The van der Waals surface area contributed by atoms with Gasteiger partial charge in [0.25, 0.3) is 0 Å². The van der Waals surface area contributed by atoms with Gasteiger partial charge in [-0.05, 0) is 47.7 Å². The highest BCUT2D eigenvalue weighted by molar-refractivity contribution is 6.30. The van der Waals surface area contributed by atoms with Crippen molar-refractivity contribution in [1.82, 2.24) is 0 Å². The summed E-state index contributed by atoms with van der Waals surface area (Å²) in [5.74, 6) is 0.730. The number of hydrogen-bond donors (Lipinski definition) is 1. The maximum Gasteiger partial charge on any atom is 0.168 e. The molecule has 1 aliphatic carbocycles. The number of rotatable bonds is 6. The number of aliphatic hydroxyl groups excluding tert-OH is 1. The summed E-state index contributed by atoms with van der Waals surface area (Å²) in [6, 6.07) is 15.2. The van der Waals surface area contributed by atoms with E-state index in [1.807, 2.05) is 48.5 Å². The van der Waals surface area contributed by atoms with Crippen LogP contribution in [0.5, 0.6) is 5.75 Å². The van der Waals surface area contributed by atoms with Crippen molar-refractivity contribution in [3.63, 3.8) is 0 Å². The second-order valence-electron chi connectivity index (χ2n) is 6.58. The summed E-state index contributed by atoms with van der Waals surface area (Å²) in [6.07, 6.45) is 3.05. The number of halogens is 1. The van der Waals surface area contributed by atoms with Crippen molar-refractivity contribution in [1.29, 1.82) is 0 Å². The molecular formula is C22H22ClNO3. The number of carbonyl (C=O) groups is 1. The van der Waals surface area contributed by atoms with Crippen molar-refractivity contribution in [3.05, 3.63) is 76.0 Å². The molecule has 27 heavy (non-hydrogen) atoms. The first-order valence-corrected chi connectivity index (χ1v) is 9.28. The molecule has 5 heteroatoms. The van der Waals surface area contributed by atoms with E-state index in [0.29, 0.717) is 30.0 Å². The van der Waals surface area contributed by atoms with Gasteiger partial charge in [-0.15, -0.1) is 0 Å². The Balaban J connectivity index is 1.63. The van der Waals surface area contributed by atoms with E-state index in [-0.39, 0.29) is 17.5 Å². The highest BCUT2D eigenvalue weighted by Crippen LogP contribution is 2.34. The molecule has 3 rings (SSSR count). The van der Waals surface area contributed by atoms with E-state index in [1.165, 1.54) is 6.21 Å². The van der Waals surface area contributed by atoms with Gasteiger partial charge in [0.05, 0.1) is 12.7 Å². The quantitative estimate of drug-likeness (QED) is 0.720. The number of aliphatic imine (C=N–C) groups is 1. The van der Waals surface area contributed by atoms with Gasteiger partial charge in [-0.1, -0.05) is 35.9 Å². The van der Waals surface area contributed by atoms with E-state index in [9.17, 15) is 9.90 Å². The van der Waals surface area contributed by atoms with Gasteiger partial charge in [0.2, 0.25) is 0 Å². The Bertz CT molecular complexity index is 871. The van der Waals surface area contributed by atoms with E-state index in [2.05, 4.69) is 4.99 Å². The summed E-state index contributed by atoms with van der Waals surface area (Å²) in [4.78, 5) is 16.8. The molecule has 0 aromatic heterocycles. The van der Waals surface area contributed by atoms with Gasteiger partial charge in [0.1, 0.15) is 11.5 Å². The highest BCUT2D eigenvalue weighted by atomic mass is 35.5. The van der Waals surface area contributed by atoms with Crippen LogP contribution in [0.3, 0.4) is 0 Å². The Hall–Kier alpha value is -2.59. The normalized spacial score (nSPS) is 17.6. The average molecular weight is 384 g/mol. The van der Waals surface area contributed by atoms with Crippen LogP contribution in [0.25, 0.3) is 0 Å². The van der Waals surface area contributed by atoms with Gasteiger partial charge in [-0.25, -0.2) is 0 Å². The summed E-state index contributed by atoms with van der Waals surface area (Å²) in [7, 11) is 1.61. The molecule has 0 bridgehead atoms. The first-order valence-electron chi connectivity index (χ1n) is 8.90. The number of nitrogens with zero attached hydrogens (tertiary/aromatic N) is 1. The standard InChI is InChI=1S/C22H22ClNO3/c1-27-19-4-2-3-16(11-19)17-12-21(25)20(22(26)13-17)14-24-10-9-15-5-7-18(23)8-6-15/h2-8,11,14,17,25H,9-10,12-13H2,1H3. The zero-order valence-corrected chi connectivity index (χ0v) is 15.9. The molecule has 0 aliphatic heterocycles. The number of Topliss-reactive ketones (excluding diaryl/α,β-unsaturated/α-hetero) is 1. The molecule has 1 atom stereocenters. The van der Waals surface area contributed by atoms with Crippen LogP contribution in [0, 0.1) is 0 Å². The van der Waals surface area contributed by atoms with E-state index in [1.54, 1.807) is 7.11 Å². The third-order valence-corrected chi connectivity index (χ3v) is 4.96. The van der Waals surface area contributed by atoms with Crippen molar-refractivity contribution in [2.24, 2.45) is 4.99 Å². The minimum absolute atomic E-state index is 0.0428. The van der Waals surface area contributed by atoms with Crippen molar-refractivity contribution < 1.29 is 14.6 Å². The van der Waals surface area contributed by atoms with Gasteiger partial charge >= 0.3 is 0 Å². The maximum absolute atomic E-state index is 12.5. The second kappa shape index (κ2) is 8.87. The van der Waals surface area contributed by atoms with Crippen LogP contribution < -0.4 is 4.74 Å². The molecule has 1 unspecified atom stereocenters. The number of methoxy groups -OCH3 is 1. The molecular weight excluding hydrogens is 362 g/mol. The average Bonchev–Trinajstić information content (AvgIpc) is 2.68. The SMILES string of the molecule is COc1cccc(C2CC(=O)C(C=NCCc3ccc(Cl)cc3)=C(O)C2)c1. The fraction of sp³-hybridized carbons (Fsp3) is 0.273. The molecule has 0 radical (unpaired) electrons. The minimum Gasteiger partial charge on any atom is -0.511 e. The zero-order valence-electron chi connectivity index (χ0n) is 15.2. The monoisotopic (exact) mass is 383 g/mol. The van der Waals surface area contributed by atoms with Crippen LogP contribution in [0.15, 0.2) is 64.9 Å². The number of allylic oxidation sites excluding steroid dienone is 2. The number of benzene rings is 2. The van der Waals surface area contributed by atoms with Gasteiger partial charge in [0, 0.05) is 30.6 Å². The van der Waals surface area contributed by atoms with Crippen LogP contribution in [-0.4, -0.2) is 30.8 Å². The Kier molecular flexibility index (Phi) is 6.30. The van der Waals surface area contributed by atoms with Crippen LogP contribution in [-0.2, 0) is 11.2 Å². The van der Waals surface area contributed by atoms with Crippen molar-refractivity contribution in [2.75, 3.05) is 13.7 Å². The number of carbonyl (C=O) groups excluding carboxylic acids is 1. The number of hydrogen-bond acceptors (Lipinski definition) is 4. The summed E-state index contributed by atoms with van der Waals surface area (Å²) in [5.41, 5.74) is 2.45. The van der Waals surface area contributed by atoms with Crippen LogP contribution in [0.2, 0.25) is 5.02 Å². The van der Waals surface area contributed by atoms with E-state index >= 15 is 0 Å². The molecule has 0 saturated heterocycles. The number of aliphatic hydroxyl groups is 1. The van der Waals surface area contributed by atoms with Crippen LogP contribution in [0.4, 0.5) is 0 Å². The Labute approximate surface area is 164 Å². The Morgan fingerprint density at radius 2 is 2.00 bits per heavy atom. The second-order valence-corrected chi connectivity index (χ2v) is 7.01. The molecule has 0 fully saturated rings. The molecule has 4 nitrogen and oxygen atoms in total. The number of ether oxygens (including phenoxy) is 1. The van der Waals surface area contributed by atoms with Crippen molar-refractivity contribution in [2.45, 2.75) is 25.2 Å². The zero-order chi connectivity index (χ0) is 19.2. The first kappa shape index (κ1) is 19.2. The van der Waals surface area contributed by atoms with Gasteiger partial charge in [0.15, 0.2) is 5.78 Å².